The van der Waals surface area contributed by atoms with E-state index in [4.69, 9.17) is 5.11 Å². The van der Waals surface area contributed by atoms with Crippen molar-refractivity contribution in [3.8, 4) is 0 Å². The summed E-state index contributed by atoms with van der Waals surface area (Å²) in [6.07, 6.45) is 0.0907. The van der Waals surface area contributed by atoms with E-state index < -0.39 is 26.2 Å². The molecule has 7 heteroatoms. The topological polar surface area (TPSA) is 116 Å². The van der Waals surface area contributed by atoms with Gasteiger partial charge in [-0.15, -0.1) is 0 Å². The van der Waals surface area contributed by atoms with Crippen LogP contribution in [0.4, 0.5) is 0 Å². The number of hydrogen-bond donors (Lipinski definition) is 3. The highest BCUT2D eigenvalue weighted by molar-refractivity contribution is 7.60. The van der Waals surface area contributed by atoms with Gasteiger partial charge in [0.05, 0.1) is 0 Å². The molecule has 0 aliphatic rings. The van der Waals surface area contributed by atoms with Crippen LogP contribution in [0.1, 0.15) is 20.3 Å². The summed E-state index contributed by atoms with van der Waals surface area (Å²) in [6.45, 7) is 2.83. The van der Waals surface area contributed by atoms with Gasteiger partial charge >= 0.3 is 5.97 Å². The first kappa shape index (κ1) is 13.7. The fraction of sp³-hybridized carbons (Fsp3) is 0.857. The first-order chi connectivity index (χ1) is 6.25. The Morgan fingerprint density at radius 2 is 2.00 bits per heavy atom. The van der Waals surface area contributed by atoms with Crippen LogP contribution >= 0.6 is 7.87 Å². The Hall–Kier alpha value is -0.260. The molecule has 0 rings (SSSR count). The predicted molar refractivity (Wildman–Crippen MR) is 48.0 cm³/mol. The average Bonchev–Trinajstić information content (AvgIpc) is 1.99. The van der Waals surface area contributed by atoms with Crippen molar-refractivity contribution in [1.29, 1.82) is 0 Å². The van der Waals surface area contributed by atoms with Crippen LogP contribution in [0.5, 0.6) is 0 Å². The molecule has 0 radical (unpaired) electrons. The summed E-state index contributed by atoms with van der Waals surface area (Å²) in [4.78, 5) is 32.4. The Labute approximate surface area is 83.1 Å². The van der Waals surface area contributed by atoms with E-state index in [2.05, 4.69) is 0 Å². The van der Waals surface area contributed by atoms with Crippen LogP contribution in [0.25, 0.3) is 0 Å². The minimum Gasteiger partial charge on any atom is -0.667 e. The lowest BCUT2D eigenvalue weighted by molar-refractivity contribution is -0.321. The fourth-order valence-electron chi connectivity index (χ4n) is 0.844. The quantitative estimate of drug-likeness (QED) is 0.473. The molecule has 0 aliphatic heterocycles. The number of carbonyl (C=O) groups is 1. The van der Waals surface area contributed by atoms with E-state index in [-0.39, 0.29) is 12.3 Å². The monoisotopic (exact) mass is 224 g/mol. The Balaban J connectivity index is 4.08. The maximum Gasteiger partial charge on any atom is 0.321 e. The zero-order chi connectivity index (χ0) is 11.4. The van der Waals surface area contributed by atoms with E-state index in [1.807, 2.05) is 5.09 Å². The minimum absolute atomic E-state index is 0.0268. The fourth-order valence-corrected chi connectivity index (χ4v) is 2.11. The van der Waals surface area contributed by atoms with Gasteiger partial charge in [-0.1, -0.05) is 13.8 Å². The molecule has 0 aromatic heterocycles. The summed E-state index contributed by atoms with van der Waals surface area (Å²) in [5.74, 6) is -2.78. The number of hydrogen-bond acceptors (Lipinski definition) is 5. The van der Waals surface area contributed by atoms with Gasteiger partial charge in [-0.25, -0.2) is 0 Å². The predicted octanol–water partition coefficient (Wildman–Crippen LogP) is -1.49. The molecule has 0 aliphatic carbocycles. The van der Waals surface area contributed by atoms with E-state index in [1.165, 1.54) is 0 Å². The molecule has 0 saturated carbocycles. The van der Waals surface area contributed by atoms with Crippen molar-refractivity contribution in [2.75, 3.05) is 6.54 Å². The van der Waals surface area contributed by atoms with Gasteiger partial charge in [0.2, 0.25) is 0 Å². The average molecular weight is 224 g/mol. The summed E-state index contributed by atoms with van der Waals surface area (Å²) in [7, 11) is -4.22. The molecular formula is C7H15NO5P-. The third kappa shape index (κ3) is 5.47. The van der Waals surface area contributed by atoms with E-state index in [0.717, 1.165) is 0 Å². The lowest BCUT2D eigenvalue weighted by atomic mass is 10.1. The molecule has 0 saturated heterocycles. The number of carboxylic acids is 1. The standard InChI is InChI=1S/C7H16NO5P/c1-5(2)3-7(11)14(12,13)8-4-6(9)10/h5,7,11H,3-4H2,1-2H3,(H,9,10)(H2,8,12,13)/p-1. The number of aliphatic hydroxyl groups excluding tert-OH is 1. The first-order valence-electron chi connectivity index (χ1n) is 4.21. The molecule has 0 aromatic rings. The van der Waals surface area contributed by atoms with E-state index >= 15 is 0 Å². The molecule has 0 bridgehead atoms. The smallest absolute Gasteiger partial charge is 0.321 e. The zero-order valence-corrected chi connectivity index (χ0v) is 9.03. The molecule has 6 nitrogen and oxygen atoms in total. The molecule has 0 heterocycles. The highest BCUT2D eigenvalue weighted by Crippen LogP contribution is 2.41. The van der Waals surface area contributed by atoms with Crippen LogP contribution in [0.15, 0.2) is 0 Å². The summed E-state index contributed by atoms with van der Waals surface area (Å²) in [6, 6.07) is 0. The van der Waals surface area contributed by atoms with Gasteiger partial charge in [-0.05, 0) is 5.92 Å². The van der Waals surface area contributed by atoms with Gasteiger partial charge in [0, 0.05) is 14.3 Å². The number of aliphatic hydroxyl groups is 1. The third-order valence-corrected chi connectivity index (χ3v) is 3.12. The SMILES string of the molecule is CC(C)CC(O)[P+]([O-])([O-])NCC(=O)O. The van der Waals surface area contributed by atoms with Crippen molar-refractivity contribution < 1.29 is 24.8 Å². The largest absolute Gasteiger partial charge is 0.667 e. The third-order valence-electron chi connectivity index (χ3n) is 1.53. The van der Waals surface area contributed by atoms with Gasteiger partial charge in [0.25, 0.3) is 0 Å². The minimum atomic E-state index is -4.22. The summed E-state index contributed by atoms with van der Waals surface area (Å²) in [5, 5.41) is 19.3. The summed E-state index contributed by atoms with van der Waals surface area (Å²) >= 11 is 0. The molecule has 84 valence electrons. The van der Waals surface area contributed by atoms with E-state index in [9.17, 15) is 19.7 Å². The Kier molecular flexibility index (Phi) is 5.48. The second-order valence-electron chi connectivity index (χ2n) is 3.44. The molecule has 3 N–H and O–H groups in total. The lowest BCUT2D eigenvalue weighted by Gasteiger charge is -2.40. The maximum atomic E-state index is 11.2. The molecule has 0 aromatic carbocycles. The molecule has 14 heavy (non-hydrogen) atoms. The van der Waals surface area contributed by atoms with Crippen molar-refractivity contribution in [3.63, 3.8) is 0 Å². The summed E-state index contributed by atoms with van der Waals surface area (Å²) in [5.41, 5.74) is 0. The van der Waals surface area contributed by atoms with Crippen molar-refractivity contribution >= 4 is 13.8 Å². The molecule has 1 atom stereocenters. The van der Waals surface area contributed by atoms with Gasteiger partial charge in [-0.2, -0.15) is 5.09 Å². The highest BCUT2D eigenvalue weighted by Gasteiger charge is 2.25. The van der Waals surface area contributed by atoms with Crippen molar-refractivity contribution in [2.24, 2.45) is 5.92 Å². The van der Waals surface area contributed by atoms with Crippen LogP contribution in [0, 0.1) is 5.92 Å². The van der Waals surface area contributed by atoms with Gasteiger partial charge in [-0.3, -0.25) is 4.79 Å². The van der Waals surface area contributed by atoms with Crippen LogP contribution in [0.3, 0.4) is 0 Å². The van der Waals surface area contributed by atoms with Gasteiger partial charge in [0.1, 0.15) is 6.54 Å². The summed E-state index contributed by atoms with van der Waals surface area (Å²) < 4.78 is 0. The Bertz CT molecular complexity index is 197. The van der Waals surface area contributed by atoms with Crippen LogP contribution < -0.4 is 14.9 Å². The zero-order valence-electron chi connectivity index (χ0n) is 8.14. The Morgan fingerprint density at radius 3 is 2.36 bits per heavy atom. The van der Waals surface area contributed by atoms with Crippen molar-refractivity contribution in [2.45, 2.75) is 26.1 Å². The van der Waals surface area contributed by atoms with Gasteiger partial charge in [0.15, 0.2) is 5.85 Å². The molecule has 0 amide bonds. The highest BCUT2D eigenvalue weighted by atomic mass is 31.2. The van der Waals surface area contributed by atoms with Crippen molar-refractivity contribution in [1.82, 2.24) is 5.09 Å². The second kappa shape index (κ2) is 5.58. The normalized spacial score (nSPS) is 14.4. The van der Waals surface area contributed by atoms with Gasteiger partial charge < -0.3 is 20.0 Å². The first-order valence-corrected chi connectivity index (χ1v) is 5.91. The molecular weight excluding hydrogens is 209 g/mol. The van der Waals surface area contributed by atoms with Crippen LogP contribution in [0.2, 0.25) is 0 Å². The second-order valence-corrected chi connectivity index (χ2v) is 5.54. The number of aliphatic carboxylic acids is 1. The molecule has 0 spiro atoms. The van der Waals surface area contributed by atoms with Crippen LogP contribution in [-0.4, -0.2) is 28.6 Å². The number of carboxylic acid groups (broad SMARTS) is 1. The van der Waals surface area contributed by atoms with E-state index in [1.54, 1.807) is 13.8 Å². The number of rotatable bonds is 6. The molecule has 0 fully saturated rings. The van der Waals surface area contributed by atoms with Crippen LogP contribution in [-0.2, 0) is 4.79 Å². The Morgan fingerprint density at radius 1 is 1.50 bits per heavy atom. The molecule has 1 unspecified atom stereocenters. The van der Waals surface area contributed by atoms with Crippen molar-refractivity contribution in [3.05, 3.63) is 0 Å². The maximum absolute atomic E-state index is 11.2. The number of nitrogens with one attached hydrogen (secondary N) is 1. The van der Waals surface area contributed by atoms with E-state index in [0.29, 0.717) is 0 Å². The lowest BCUT2D eigenvalue weighted by Crippen LogP contribution is -2.44.